The van der Waals surface area contributed by atoms with Gasteiger partial charge in [-0.3, -0.25) is 0 Å². The van der Waals surface area contributed by atoms with E-state index < -0.39 is 5.97 Å². The van der Waals surface area contributed by atoms with Crippen molar-refractivity contribution in [2.45, 2.75) is 13.3 Å². The van der Waals surface area contributed by atoms with E-state index in [2.05, 4.69) is 21.0 Å². The molecule has 22 heavy (non-hydrogen) atoms. The van der Waals surface area contributed by atoms with Gasteiger partial charge in [-0.15, -0.1) is 0 Å². The van der Waals surface area contributed by atoms with Crippen LogP contribution in [0.1, 0.15) is 21.5 Å². The molecule has 0 saturated carbocycles. The molecule has 1 aliphatic rings. The molecule has 0 atom stereocenters. The summed E-state index contributed by atoms with van der Waals surface area (Å²) in [4.78, 5) is 13.8. The molecule has 1 aliphatic heterocycles. The van der Waals surface area contributed by atoms with Crippen LogP contribution < -0.4 is 5.32 Å². The molecule has 0 radical (unpaired) electrons. The van der Waals surface area contributed by atoms with Crippen molar-refractivity contribution in [3.63, 3.8) is 0 Å². The van der Waals surface area contributed by atoms with E-state index in [9.17, 15) is 9.90 Å². The summed E-state index contributed by atoms with van der Waals surface area (Å²) >= 11 is 0. The van der Waals surface area contributed by atoms with Gasteiger partial charge >= 0.3 is 5.97 Å². The fourth-order valence-corrected chi connectivity index (χ4v) is 3.26. The molecule has 1 aromatic carbocycles. The predicted octanol–water partition coefficient (Wildman–Crippen LogP) is 1.63. The number of carboxylic acid groups (broad SMARTS) is 1. The van der Waals surface area contributed by atoms with Crippen LogP contribution in [0.4, 0.5) is 0 Å². The Hall–Kier alpha value is -1.85. The Morgan fingerprint density at radius 2 is 2.05 bits per heavy atom. The van der Waals surface area contributed by atoms with Crippen LogP contribution in [0.5, 0.6) is 0 Å². The van der Waals surface area contributed by atoms with Crippen molar-refractivity contribution in [2.75, 3.05) is 32.7 Å². The standard InChI is InChI=1S/C17H23N3O2/c1-12-9-16-15(10-14(12)17(21)22)13(11-19(16)2)3-6-20-7-4-18-5-8-20/h9-11,18H,3-8H2,1-2H3,(H,21,22). The van der Waals surface area contributed by atoms with Crippen molar-refractivity contribution >= 4 is 16.9 Å². The first-order chi connectivity index (χ1) is 10.6. The van der Waals surface area contributed by atoms with Crippen LogP contribution in [0.15, 0.2) is 18.3 Å². The number of aromatic nitrogens is 1. The normalized spacial score (nSPS) is 16.3. The number of carboxylic acids is 1. The Balaban J connectivity index is 1.88. The van der Waals surface area contributed by atoms with Gasteiger partial charge < -0.3 is 19.9 Å². The third-order valence-corrected chi connectivity index (χ3v) is 4.56. The van der Waals surface area contributed by atoms with E-state index in [1.165, 1.54) is 5.56 Å². The third-order valence-electron chi connectivity index (χ3n) is 4.56. The molecule has 0 spiro atoms. The average molecular weight is 301 g/mol. The Morgan fingerprint density at radius 3 is 2.73 bits per heavy atom. The number of benzene rings is 1. The van der Waals surface area contributed by atoms with Crippen molar-refractivity contribution in [3.8, 4) is 0 Å². The largest absolute Gasteiger partial charge is 0.478 e. The SMILES string of the molecule is Cc1cc2c(cc1C(=O)O)c(CCN1CCNCC1)cn2C. The number of nitrogens with one attached hydrogen (secondary N) is 1. The highest BCUT2D eigenvalue weighted by atomic mass is 16.4. The van der Waals surface area contributed by atoms with Crippen molar-refractivity contribution in [1.29, 1.82) is 0 Å². The lowest BCUT2D eigenvalue weighted by molar-refractivity contribution is 0.0696. The molecule has 1 fully saturated rings. The summed E-state index contributed by atoms with van der Waals surface area (Å²) in [6, 6.07) is 3.81. The van der Waals surface area contributed by atoms with E-state index in [-0.39, 0.29) is 0 Å². The van der Waals surface area contributed by atoms with Crippen LogP contribution in [0, 0.1) is 6.92 Å². The summed E-state index contributed by atoms with van der Waals surface area (Å²) in [7, 11) is 2.02. The number of aromatic carboxylic acids is 1. The van der Waals surface area contributed by atoms with Crippen LogP contribution >= 0.6 is 0 Å². The highest BCUT2D eigenvalue weighted by Crippen LogP contribution is 2.25. The van der Waals surface area contributed by atoms with Crippen LogP contribution in [-0.4, -0.2) is 53.3 Å². The van der Waals surface area contributed by atoms with Crippen molar-refractivity contribution in [2.24, 2.45) is 7.05 Å². The smallest absolute Gasteiger partial charge is 0.335 e. The minimum atomic E-state index is -0.851. The number of piperazine rings is 1. The second-order valence-electron chi connectivity index (χ2n) is 6.10. The fraction of sp³-hybridized carbons (Fsp3) is 0.471. The number of carbonyl (C=O) groups is 1. The third kappa shape index (κ3) is 2.87. The van der Waals surface area contributed by atoms with Crippen molar-refractivity contribution in [1.82, 2.24) is 14.8 Å². The van der Waals surface area contributed by atoms with Crippen LogP contribution in [0.25, 0.3) is 10.9 Å². The summed E-state index contributed by atoms with van der Waals surface area (Å²) in [5.74, 6) is -0.851. The predicted molar refractivity (Wildman–Crippen MR) is 87.6 cm³/mol. The molecular weight excluding hydrogens is 278 g/mol. The number of hydrogen-bond acceptors (Lipinski definition) is 3. The average Bonchev–Trinajstić information content (AvgIpc) is 2.81. The Kier molecular flexibility index (Phi) is 4.18. The summed E-state index contributed by atoms with van der Waals surface area (Å²) in [6.45, 7) is 7.16. The zero-order valence-corrected chi connectivity index (χ0v) is 13.2. The molecule has 2 aromatic rings. The van der Waals surface area contributed by atoms with E-state index in [0.717, 1.165) is 55.6 Å². The van der Waals surface area contributed by atoms with Crippen molar-refractivity contribution in [3.05, 3.63) is 35.0 Å². The lowest BCUT2D eigenvalue weighted by Crippen LogP contribution is -2.44. The molecule has 2 heterocycles. The summed E-state index contributed by atoms with van der Waals surface area (Å²) in [5.41, 5.74) is 3.56. The van der Waals surface area contributed by atoms with E-state index in [1.54, 1.807) is 0 Å². The molecule has 2 N–H and O–H groups in total. The summed E-state index contributed by atoms with van der Waals surface area (Å²) in [6.07, 6.45) is 3.09. The first-order valence-corrected chi connectivity index (χ1v) is 7.81. The number of nitrogens with zero attached hydrogens (tertiary/aromatic N) is 2. The second-order valence-corrected chi connectivity index (χ2v) is 6.10. The van der Waals surface area contributed by atoms with Gasteiger partial charge in [0.1, 0.15) is 0 Å². The summed E-state index contributed by atoms with van der Waals surface area (Å²) in [5, 5.41) is 13.8. The van der Waals surface area contributed by atoms with Gasteiger partial charge in [-0.05, 0) is 36.6 Å². The van der Waals surface area contributed by atoms with Gasteiger partial charge in [0, 0.05) is 56.9 Å². The highest BCUT2D eigenvalue weighted by Gasteiger charge is 2.15. The summed E-state index contributed by atoms with van der Waals surface area (Å²) < 4.78 is 2.10. The van der Waals surface area contributed by atoms with E-state index >= 15 is 0 Å². The van der Waals surface area contributed by atoms with E-state index in [4.69, 9.17) is 0 Å². The molecule has 5 heteroatoms. The molecule has 0 amide bonds. The maximum atomic E-state index is 11.4. The Labute approximate surface area is 130 Å². The van der Waals surface area contributed by atoms with Crippen LogP contribution in [0.3, 0.4) is 0 Å². The number of fused-ring (bicyclic) bond motifs is 1. The van der Waals surface area contributed by atoms with Gasteiger partial charge in [0.2, 0.25) is 0 Å². The molecule has 0 bridgehead atoms. The van der Waals surface area contributed by atoms with E-state index in [1.807, 2.05) is 26.1 Å². The fourth-order valence-electron chi connectivity index (χ4n) is 3.26. The maximum absolute atomic E-state index is 11.4. The lowest BCUT2D eigenvalue weighted by atomic mass is 10.0. The van der Waals surface area contributed by atoms with Gasteiger partial charge in [0.15, 0.2) is 0 Å². The molecule has 0 aliphatic carbocycles. The number of aryl methyl sites for hydroxylation is 2. The van der Waals surface area contributed by atoms with Crippen molar-refractivity contribution < 1.29 is 9.90 Å². The maximum Gasteiger partial charge on any atom is 0.335 e. The first-order valence-electron chi connectivity index (χ1n) is 7.81. The molecule has 5 nitrogen and oxygen atoms in total. The number of hydrogen-bond donors (Lipinski definition) is 2. The zero-order chi connectivity index (χ0) is 15.7. The monoisotopic (exact) mass is 301 g/mol. The van der Waals surface area contributed by atoms with Gasteiger partial charge in [-0.25, -0.2) is 4.79 Å². The van der Waals surface area contributed by atoms with Gasteiger partial charge in [0.25, 0.3) is 0 Å². The molecule has 3 rings (SSSR count). The molecule has 0 unspecified atom stereocenters. The molecule has 118 valence electrons. The van der Waals surface area contributed by atoms with Crippen LogP contribution in [-0.2, 0) is 13.5 Å². The first kappa shape index (κ1) is 15.1. The minimum Gasteiger partial charge on any atom is -0.478 e. The number of rotatable bonds is 4. The topological polar surface area (TPSA) is 57.5 Å². The zero-order valence-electron chi connectivity index (χ0n) is 13.2. The van der Waals surface area contributed by atoms with Crippen LogP contribution in [0.2, 0.25) is 0 Å². The quantitative estimate of drug-likeness (QED) is 0.901. The molecule has 1 saturated heterocycles. The second kappa shape index (κ2) is 6.10. The van der Waals surface area contributed by atoms with Gasteiger partial charge in [-0.2, -0.15) is 0 Å². The van der Waals surface area contributed by atoms with Gasteiger partial charge in [-0.1, -0.05) is 0 Å². The molecule has 1 aromatic heterocycles. The van der Waals surface area contributed by atoms with E-state index in [0.29, 0.717) is 5.56 Å². The Bertz CT molecular complexity index is 699. The van der Waals surface area contributed by atoms with Gasteiger partial charge in [0.05, 0.1) is 5.56 Å². The highest BCUT2D eigenvalue weighted by molar-refractivity contribution is 5.96. The lowest BCUT2D eigenvalue weighted by Gasteiger charge is -2.26. The molecular formula is C17H23N3O2. The minimum absolute atomic E-state index is 0.405. The Morgan fingerprint density at radius 1 is 1.32 bits per heavy atom.